The highest BCUT2D eigenvalue weighted by atomic mass is 35.5. The van der Waals surface area contributed by atoms with Crippen LogP contribution in [0.25, 0.3) is 0 Å². The molecule has 112 valence electrons. The summed E-state index contributed by atoms with van der Waals surface area (Å²) >= 11 is 6.02. The zero-order valence-electron chi connectivity index (χ0n) is 11.9. The fourth-order valence-electron chi connectivity index (χ4n) is 1.78. The van der Waals surface area contributed by atoms with Crippen molar-refractivity contribution in [3.05, 3.63) is 46.6 Å². The van der Waals surface area contributed by atoms with Crippen molar-refractivity contribution in [3.63, 3.8) is 0 Å². The Hall–Kier alpha value is -1.92. The molecular formula is C14H16ClN3O3. The molecule has 7 heteroatoms. The molecule has 0 saturated heterocycles. The Bertz CT molecular complexity index is 615. The van der Waals surface area contributed by atoms with Gasteiger partial charge in [-0.2, -0.15) is 4.98 Å². The van der Waals surface area contributed by atoms with Gasteiger partial charge in [0.25, 0.3) is 11.8 Å². The average molecular weight is 310 g/mol. The first-order valence-corrected chi connectivity index (χ1v) is 6.80. The monoisotopic (exact) mass is 309 g/mol. The summed E-state index contributed by atoms with van der Waals surface area (Å²) in [4.78, 5) is 18.0. The predicted molar refractivity (Wildman–Crippen MR) is 77.1 cm³/mol. The van der Waals surface area contributed by atoms with Crippen LogP contribution in [-0.2, 0) is 17.8 Å². The van der Waals surface area contributed by atoms with Crippen LogP contribution in [0.4, 0.5) is 0 Å². The first-order chi connectivity index (χ1) is 10.1. The molecule has 2 aromatic rings. The molecule has 0 aliphatic heterocycles. The number of rotatable bonds is 6. The van der Waals surface area contributed by atoms with E-state index in [0.29, 0.717) is 35.3 Å². The topological polar surface area (TPSA) is 68.5 Å². The first kappa shape index (κ1) is 15.5. The van der Waals surface area contributed by atoms with Crippen molar-refractivity contribution in [2.24, 2.45) is 0 Å². The van der Waals surface area contributed by atoms with Crippen molar-refractivity contribution in [1.82, 2.24) is 15.0 Å². The van der Waals surface area contributed by atoms with E-state index in [9.17, 15) is 4.79 Å². The number of hydrogen-bond acceptors (Lipinski definition) is 5. The lowest BCUT2D eigenvalue weighted by Crippen LogP contribution is -2.29. The second kappa shape index (κ2) is 7.19. The molecule has 1 amide bonds. The van der Waals surface area contributed by atoms with Crippen LogP contribution in [0.3, 0.4) is 0 Å². The smallest absolute Gasteiger partial charge is 0.255 e. The van der Waals surface area contributed by atoms with Crippen molar-refractivity contribution in [2.75, 3.05) is 20.7 Å². The minimum Gasteiger partial charge on any atom is -0.375 e. The van der Waals surface area contributed by atoms with E-state index in [1.807, 2.05) is 0 Å². The lowest BCUT2D eigenvalue weighted by molar-refractivity contribution is 0.0796. The van der Waals surface area contributed by atoms with Crippen molar-refractivity contribution >= 4 is 17.5 Å². The molecule has 0 atom stereocenters. The number of nitrogens with zero attached hydrogens (tertiary/aromatic N) is 3. The molecule has 1 aromatic carbocycles. The molecule has 6 nitrogen and oxygen atoms in total. The third-order valence-electron chi connectivity index (χ3n) is 2.90. The van der Waals surface area contributed by atoms with Crippen molar-refractivity contribution in [1.29, 1.82) is 0 Å². The molecule has 1 aromatic heterocycles. The molecule has 21 heavy (non-hydrogen) atoms. The number of carbonyl (C=O) groups excluding carboxylic acids is 1. The number of carbonyl (C=O) groups is 1. The number of methoxy groups -OCH3 is 1. The van der Waals surface area contributed by atoms with Gasteiger partial charge in [0.2, 0.25) is 0 Å². The lowest BCUT2D eigenvalue weighted by atomic mass is 10.2. The maximum Gasteiger partial charge on any atom is 0.255 e. The summed E-state index contributed by atoms with van der Waals surface area (Å²) in [5, 5.41) is 4.27. The molecule has 0 spiro atoms. The van der Waals surface area contributed by atoms with E-state index in [2.05, 4.69) is 10.1 Å². The molecule has 0 aliphatic carbocycles. The highest BCUT2D eigenvalue weighted by molar-refractivity contribution is 6.33. The largest absolute Gasteiger partial charge is 0.375 e. The summed E-state index contributed by atoms with van der Waals surface area (Å²) < 4.78 is 9.89. The number of halogens is 1. The third kappa shape index (κ3) is 4.03. The Kier molecular flexibility index (Phi) is 5.30. The van der Waals surface area contributed by atoms with Crippen LogP contribution in [0.1, 0.15) is 22.1 Å². The van der Waals surface area contributed by atoms with Gasteiger partial charge in [0.1, 0.15) is 6.61 Å². The van der Waals surface area contributed by atoms with Gasteiger partial charge >= 0.3 is 0 Å². The predicted octanol–water partition coefficient (Wildman–Crippen LogP) is 2.18. The maximum atomic E-state index is 12.3. The highest BCUT2D eigenvalue weighted by Crippen LogP contribution is 2.16. The van der Waals surface area contributed by atoms with Crippen LogP contribution in [0.2, 0.25) is 5.02 Å². The molecule has 0 unspecified atom stereocenters. The Morgan fingerprint density at radius 1 is 1.43 bits per heavy atom. The molecular weight excluding hydrogens is 294 g/mol. The van der Waals surface area contributed by atoms with Gasteiger partial charge in [-0.1, -0.05) is 28.9 Å². The van der Waals surface area contributed by atoms with Gasteiger partial charge in [-0.25, -0.2) is 0 Å². The van der Waals surface area contributed by atoms with Crippen LogP contribution in [-0.4, -0.2) is 41.6 Å². The Morgan fingerprint density at radius 2 is 2.19 bits per heavy atom. The molecule has 0 radical (unpaired) electrons. The minimum absolute atomic E-state index is 0.138. The third-order valence-corrected chi connectivity index (χ3v) is 3.23. The van der Waals surface area contributed by atoms with Crippen LogP contribution >= 0.6 is 11.6 Å². The van der Waals surface area contributed by atoms with E-state index < -0.39 is 0 Å². The lowest BCUT2D eigenvalue weighted by Gasteiger charge is -2.16. The second-order valence-electron chi connectivity index (χ2n) is 4.49. The number of amides is 1. The number of ether oxygens (including phenoxy) is 1. The quantitative estimate of drug-likeness (QED) is 0.818. The number of benzene rings is 1. The molecule has 0 N–H and O–H groups in total. The van der Waals surface area contributed by atoms with Gasteiger partial charge in [0.05, 0.1) is 10.6 Å². The number of hydrogen-bond donors (Lipinski definition) is 0. The standard InChI is InChI=1S/C14H16ClN3O3/c1-18(14(19)10-5-3-4-6-11(10)15)8-7-12-16-13(9-20-2)21-17-12/h3-6H,7-9H2,1-2H3. The minimum atomic E-state index is -0.138. The van der Waals surface area contributed by atoms with Crippen molar-refractivity contribution in [3.8, 4) is 0 Å². The molecule has 1 heterocycles. The Morgan fingerprint density at radius 3 is 2.90 bits per heavy atom. The van der Waals surface area contributed by atoms with Crippen molar-refractivity contribution in [2.45, 2.75) is 13.0 Å². The van der Waals surface area contributed by atoms with Gasteiger partial charge in [0.15, 0.2) is 5.82 Å². The van der Waals surface area contributed by atoms with Gasteiger partial charge in [-0.3, -0.25) is 4.79 Å². The van der Waals surface area contributed by atoms with Crippen LogP contribution in [0.15, 0.2) is 28.8 Å². The van der Waals surface area contributed by atoms with Gasteiger partial charge in [-0.15, -0.1) is 0 Å². The zero-order valence-corrected chi connectivity index (χ0v) is 12.6. The summed E-state index contributed by atoms with van der Waals surface area (Å²) in [5.41, 5.74) is 0.481. The van der Waals surface area contributed by atoms with E-state index in [1.54, 1.807) is 43.3 Å². The Labute approximate surface area is 127 Å². The van der Waals surface area contributed by atoms with Gasteiger partial charge in [0, 0.05) is 27.1 Å². The van der Waals surface area contributed by atoms with E-state index in [-0.39, 0.29) is 12.5 Å². The van der Waals surface area contributed by atoms with E-state index >= 15 is 0 Å². The second-order valence-corrected chi connectivity index (χ2v) is 4.90. The summed E-state index contributed by atoms with van der Waals surface area (Å²) in [5.74, 6) is 0.828. The SMILES string of the molecule is COCc1nc(CCN(C)C(=O)c2ccccc2Cl)no1. The molecule has 2 rings (SSSR count). The van der Waals surface area contributed by atoms with Gasteiger partial charge < -0.3 is 14.2 Å². The summed E-state index contributed by atoms with van der Waals surface area (Å²) in [7, 11) is 3.27. The van der Waals surface area contributed by atoms with Crippen molar-refractivity contribution < 1.29 is 14.1 Å². The molecule has 0 aliphatic rings. The molecule has 0 saturated carbocycles. The Balaban J connectivity index is 1.93. The summed E-state index contributed by atoms with van der Waals surface area (Å²) in [6.07, 6.45) is 0.500. The van der Waals surface area contributed by atoms with Crippen LogP contribution in [0, 0.1) is 0 Å². The fourth-order valence-corrected chi connectivity index (χ4v) is 2.00. The van der Waals surface area contributed by atoms with E-state index in [0.717, 1.165) is 0 Å². The highest BCUT2D eigenvalue weighted by Gasteiger charge is 2.15. The van der Waals surface area contributed by atoms with E-state index in [1.165, 1.54) is 0 Å². The number of aromatic nitrogens is 2. The first-order valence-electron chi connectivity index (χ1n) is 6.42. The normalized spacial score (nSPS) is 10.6. The zero-order chi connectivity index (χ0) is 15.2. The fraction of sp³-hybridized carbons (Fsp3) is 0.357. The van der Waals surface area contributed by atoms with Crippen LogP contribution in [0.5, 0.6) is 0 Å². The van der Waals surface area contributed by atoms with Crippen LogP contribution < -0.4 is 0 Å². The molecule has 0 fully saturated rings. The average Bonchev–Trinajstić information content (AvgIpc) is 2.93. The molecule has 0 bridgehead atoms. The maximum absolute atomic E-state index is 12.3. The van der Waals surface area contributed by atoms with E-state index in [4.69, 9.17) is 20.9 Å². The number of likely N-dealkylation sites (N-methyl/N-ethyl adjacent to an activating group) is 1. The van der Waals surface area contributed by atoms with Gasteiger partial charge in [-0.05, 0) is 12.1 Å². The summed E-state index contributed by atoms with van der Waals surface area (Å²) in [6.45, 7) is 0.747. The summed E-state index contributed by atoms with van der Waals surface area (Å²) in [6, 6.07) is 6.96.